The van der Waals surface area contributed by atoms with Crippen LogP contribution in [0.5, 0.6) is 0 Å². The Labute approximate surface area is 109 Å². The second-order valence-corrected chi connectivity index (χ2v) is 5.42. The maximum absolute atomic E-state index is 12.1. The van der Waals surface area contributed by atoms with E-state index < -0.39 is 5.60 Å². The number of hydrogen-bond acceptors (Lipinski definition) is 3. The number of carbonyl (C=O) groups excluding carboxylic acids is 1. The predicted molar refractivity (Wildman–Crippen MR) is 66.8 cm³/mol. The molecular formula is C12H16BrNO3. The molecule has 5 heteroatoms. The largest absolute Gasteiger partial charge is 0.457 e. The molecule has 94 valence electrons. The normalized spacial score (nSPS) is 18.3. The van der Waals surface area contributed by atoms with Crippen LogP contribution in [0.25, 0.3) is 0 Å². The molecule has 0 aromatic carbocycles. The molecule has 17 heavy (non-hydrogen) atoms. The van der Waals surface area contributed by atoms with Crippen molar-refractivity contribution in [2.24, 2.45) is 0 Å². The van der Waals surface area contributed by atoms with Crippen LogP contribution in [0.3, 0.4) is 0 Å². The number of rotatable bonds is 3. The first-order valence-electron chi connectivity index (χ1n) is 5.73. The topological polar surface area (TPSA) is 53.7 Å². The molecule has 4 nitrogen and oxygen atoms in total. The summed E-state index contributed by atoms with van der Waals surface area (Å²) in [7, 11) is 1.71. The van der Waals surface area contributed by atoms with E-state index in [9.17, 15) is 9.90 Å². The first-order valence-corrected chi connectivity index (χ1v) is 6.52. The molecule has 0 unspecified atom stereocenters. The number of aliphatic hydroxyl groups is 1. The van der Waals surface area contributed by atoms with Crippen molar-refractivity contribution in [1.29, 1.82) is 0 Å². The molecule has 0 spiro atoms. The van der Waals surface area contributed by atoms with E-state index in [-0.39, 0.29) is 5.91 Å². The number of hydrogen-bond donors (Lipinski definition) is 1. The average molecular weight is 302 g/mol. The van der Waals surface area contributed by atoms with Crippen molar-refractivity contribution in [1.82, 2.24) is 4.90 Å². The third-order valence-corrected chi connectivity index (χ3v) is 3.87. The second-order valence-electron chi connectivity index (χ2n) is 4.70. The molecule has 1 amide bonds. The first-order chi connectivity index (χ1) is 8.02. The van der Waals surface area contributed by atoms with E-state index in [0.29, 0.717) is 16.8 Å². The average Bonchev–Trinajstić information content (AvgIpc) is 2.86. The van der Waals surface area contributed by atoms with Gasteiger partial charge in [0.25, 0.3) is 5.91 Å². The molecule has 0 radical (unpaired) electrons. The van der Waals surface area contributed by atoms with Crippen LogP contribution in [0.4, 0.5) is 0 Å². The fourth-order valence-corrected chi connectivity index (χ4v) is 2.77. The molecule has 1 aliphatic rings. The molecule has 1 aromatic heterocycles. The van der Waals surface area contributed by atoms with Crippen molar-refractivity contribution in [3.63, 3.8) is 0 Å². The van der Waals surface area contributed by atoms with E-state index in [1.54, 1.807) is 18.0 Å². The number of likely N-dealkylation sites (N-methyl/N-ethyl adjacent to an activating group) is 1. The van der Waals surface area contributed by atoms with Gasteiger partial charge in [-0.2, -0.15) is 0 Å². The van der Waals surface area contributed by atoms with Crippen molar-refractivity contribution >= 4 is 21.8 Å². The SMILES string of the molecule is CN(CC1(O)CCCC1)C(=O)c1ccoc1Br. The summed E-state index contributed by atoms with van der Waals surface area (Å²) in [6.45, 7) is 0.378. The zero-order valence-corrected chi connectivity index (χ0v) is 11.4. The summed E-state index contributed by atoms with van der Waals surface area (Å²) in [5.74, 6) is -0.133. The van der Waals surface area contributed by atoms with Crippen LogP contribution in [-0.2, 0) is 0 Å². The smallest absolute Gasteiger partial charge is 0.258 e. The van der Waals surface area contributed by atoms with Crippen LogP contribution in [0.1, 0.15) is 36.0 Å². The summed E-state index contributed by atoms with van der Waals surface area (Å²) in [5.41, 5.74) is -0.213. The summed E-state index contributed by atoms with van der Waals surface area (Å²) in [6, 6.07) is 1.63. The Morgan fingerprint density at radius 2 is 2.24 bits per heavy atom. The Hall–Kier alpha value is -0.810. The third-order valence-electron chi connectivity index (χ3n) is 3.26. The number of carbonyl (C=O) groups is 1. The molecule has 0 saturated heterocycles. The lowest BCUT2D eigenvalue weighted by atomic mass is 10.0. The molecule has 0 aliphatic heterocycles. The summed E-state index contributed by atoms with van der Waals surface area (Å²) >= 11 is 3.18. The molecule has 1 N–H and O–H groups in total. The zero-order valence-electron chi connectivity index (χ0n) is 9.78. The van der Waals surface area contributed by atoms with Gasteiger partial charge in [-0.15, -0.1) is 0 Å². The highest BCUT2D eigenvalue weighted by molar-refractivity contribution is 9.10. The molecule has 1 aliphatic carbocycles. The van der Waals surface area contributed by atoms with Crippen molar-refractivity contribution in [3.8, 4) is 0 Å². The molecule has 0 atom stereocenters. The standard InChI is InChI=1S/C12H16BrNO3/c1-14(8-12(16)5-2-3-6-12)11(15)9-4-7-17-10(9)13/h4,7,16H,2-3,5-6,8H2,1H3. The van der Waals surface area contributed by atoms with Crippen LogP contribution in [-0.4, -0.2) is 35.1 Å². The van der Waals surface area contributed by atoms with Gasteiger partial charge >= 0.3 is 0 Å². The highest BCUT2D eigenvalue weighted by Gasteiger charge is 2.34. The van der Waals surface area contributed by atoms with Crippen molar-refractivity contribution in [2.45, 2.75) is 31.3 Å². The Kier molecular flexibility index (Phi) is 3.58. The number of amides is 1. The van der Waals surface area contributed by atoms with Crippen molar-refractivity contribution in [3.05, 3.63) is 22.6 Å². The van der Waals surface area contributed by atoms with Crippen molar-refractivity contribution in [2.75, 3.05) is 13.6 Å². The van der Waals surface area contributed by atoms with Gasteiger partial charge in [0.05, 0.1) is 17.4 Å². The maximum atomic E-state index is 12.1. The Bertz CT molecular complexity index is 410. The minimum absolute atomic E-state index is 0.133. The van der Waals surface area contributed by atoms with Gasteiger partial charge in [0.15, 0.2) is 4.67 Å². The van der Waals surface area contributed by atoms with Gasteiger partial charge in [-0.1, -0.05) is 12.8 Å². The van der Waals surface area contributed by atoms with Crippen LogP contribution >= 0.6 is 15.9 Å². The van der Waals surface area contributed by atoms with E-state index in [1.165, 1.54) is 6.26 Å². The molecule has 1 fully saturated rings. The molecule has 0 bridgehead atoms. The van der Waals surface area contributed by atoms with Gasteiger partial charge in [-0.3, -0.25) is 4.79 Å². The third kappa shape index (κ3) is 2.72. The summed E-state index contributed by atoms with van der Waals surface area (Å²) in [6.07, 6.45) is 5.09. The second kappa shape index (κ2) is 4.82. The Balaban J connectivity index is 2.03. The lowest BCUT2D eigenvalue weighted by molar-refractivity contribution is 0.0156. The van der Waals surface area contributed by atoms with Crippen LogP contribution in [0.2, 0.25) is 0 Å². The fraction of sp³-hybridized carbons (Fsp3) is 0.583. The summed E-state index contributed by atoms with van der Waals surface area (Å²) in [5, 5.41) is 10.2. The Morgan fingerprint density at radius 3 is 2.76 bits per heavy atom. The minimum Gasteiger partial charge on any atom is -0.457 e. The Morgan fingerprint density at radius 1 is 1.59 bits per heavy atom. The lowest BCUT2D eigenvalue weighted by Gasteiger charge is -2.28. The van der Waals surface area contributed by atoms with E-state index >= 15 is 0 Å². The lowest BCUT2D eigenvalue weighted by Crippen LogP contribution is -2.42. The van der Waals surface area contributed by atoms with Gasteiger partial charge in [-0.05, 0) is 34.8 Å². The van der Waals surface area contributed by atoms with Crippen molar-refractivity contribution < 1.29 is 14.3 Å². The van der Waals surface area contributed by atoms with Crippen LogP contribution in [0.15, 0.2) is 21.4 Å². The molecular weight excluding hydrogens is 286 g/mol. The summed E-state index contributed by atoms with van der Waals surface area (Å²) in [4.78, 5) is 13.6. The highest BCUT2D eigenvalue weighted by atomic mass is 79.9. The molecule has 1 heterocycles. The van der Waals surface area contributed by atoms with E-state index in [0.717, 1.165) is 25.7 Å². The van der Waals surface area contributed by atoms with E-state index in [2.05, 4.69) is 15.9 Å². The zero-order chi connectivity index (χ0) is 12.5. The van der Waals surface area contributed by atoms with Gasteiger partial charge in [0, 0.05) is 13.6 Å². The molecule has 1 aromatic rings. The number of nitrogens with zero attached hydrogens (tertiary/aromatic N) is 1. The highest BCUT2D eigenvalue weighted by Crippen LogP contribution is 2.30. The van der Waals surface area contributed by atoms with Gasteiger partial charge in [0.1, 0.15) is 0 Å². The monoisotopic (exact) mass is 301 g/mol. The van der Waals surface area contributed by atoms with Gasteiger partial charge in [0.2, 0.25) is 0 Å². The minimum atomic E-state index is -0.708. The maximum Gasteiger partial charge on any atom is 0.258 e. The van der Waals surface area contributed by atoms with Crippen LogP contribution < -0.4 is 0 Å². The number of halogens is 1. The van der Waals surface area contributed by atoms with Crippen LogP contribution in [0, 0.1) is 0 Å². The quantitative estimate of drug-likeness (QED) is 0.933. The van der Waals surface area contributed by atoms with E-state index in [1.807, 2.05) is 0 Å². The van der Waals surface area contributed by atoms with Gasteiger partial charge in [-0.25, -0.2) is 0 Å². The number of furan rings is 1. The van der Waals surface area contributed by atoms with Gasteiger partial charge < -0.3 is 14.4 Å². The summed E-state index contributed by atoms with van der Waals surface area (Å²) < 4.78 is 5.48. The molecule has 2 rings (SSSR count). The fourth-order valence-electron chi connectivity index (χ4n) is 2.36. The molecule has 1 saturated carbocycles. The first kappa shape index (κ1) is 12.6. The van der Waals surface area contributed by atoms with E-state index in [4.69, 9.17) is 4.42 Å². The predicted octanol–water partition coefficient (Wildman–Crippen LogP) is 2.42.